The van der Waals surface area contributed by atoms with Gasteiger partial charge in [-0.05, 0) is 42.3 Å². The molecule has 0 saturated heterocycles. The van der Waals surface area contributed by atoms with Gasteiger partial charge < -0.3 is 10.4 Å². The van der Waals surface area contributed by atoms with Crippen molar-refractivity contribution in [3.05, 3.63) is 46.4 Å². The second-order valence-electron chi connectivity index (χ2n) is 4.07. The summed E-state index contributed by atoms with van der Waals surface area (Å²) in [7, 11) is 0. The summed E-state index contributed by atoms with van der Waals surface area (Å²) in [5.41, 5.74) is 1.34. The lowest BCUT2D eigenvalue weighted by Crippen LogP contribution is -2.26. The number of anilines is 1. The van der Waals surface area contributed by atoms with Crippen LogP contribution >= 0.6 is 35.1 Å². The van der Waals surface area contributed by atoms with E-state index in [4.69, 9.17) is 23.2 Å². The lowest BCUT2D eigenvalue weighted by molar-refractivity contribution is 0.475. The Hall–Kier alpha value is -1.56. The fraction of sp³-hybridized carbons (Fsp3) is 0. The van der Waals surface area contributed by atoms with E-state index in [1.165, 1.54) is 18.0 Å². The average molecular weight is 326 g/mol. The van der Waals surface area contributed by atoms with E-state index in [0.29, 0.717) is 21.7 Å². The van der Waals surface area contributed by atoms with E-state index in [1.807, 2.05) is 12.1 Å². The number of aliphatic imine (C=N–C) groups is 1. The summed E-state index contributed by atoms with van der Waals surface area (Å²) < 4.78 is 3.05. The number of guanidine groups is 1. The quantitative estimate of drug-likeness (QED) is 0.680. The molecular weight excluding hydrogens is 317 g/mol. The summed E-state index contributed by atoms with van der Waals surface area (Å²) in [4.78, 5) is 5.11. The van der Waals surface area contributed by atoms with Crippen molar-refractivity contribution in [3.63, 3.8) is 0 Å². The number of phenols is 1. The Morgan fingerprint density at radius 1 is 1.10 bits per heavy atom. The predicted molar refractivity (Wildman–Crippen MR) is 84.3 cm³/mol. The highest BCUT2D eigenvalue weighted by atomic mass is 35.5. The number of fused-ring (bicyclic) bond motifs is 1. The minimum atomic E-state index is 0.0527. The second kappa shape index (κ2) is 5.44. The summed E-state index contributed by atoms with van der Waals surface area (Å²) in [5.74, 6) is 0.583. The summed E-state index contributed by atoms with van der Waals surface area (Å²) in [5, 5.41) is 14.1. The molecule has 0 amide bonds. The van der Waals surface area contributed by atoms with Crippen LogP contribution in [0.4, 0.5) is 11.4 Å². The van der Waals surface area contributed by atoms with Crippen LogP contribution in [-0.2, 0) is 0 Å². The maximum atomic E-state index is 9.88. The maximum absolute atomic E-state index is 9.88. The monoisotopic (exact) mass is 325 g/mol. The number of halogens is 2. The first kappa shape index (κ1) is 13.4. The Kier molecular flexibility index (Phi) is 3.65. The third-order valence-electron chi connectivity index (χ3n) is 2.61. The molecule has 0 spiro atoms. The van der Waals surface area contributed by atoms with Crippen molar-refractivity contribution in [2.75, 3.05) is 5.32 Å². The van der Waals surface area contributed by atoms with E-state index in [-0.39, 0.29) is 5.75 Å². The summed E-state index contributed by atoms with van der Waals surface area (Å²) in [6.45, 7) is 0. The Bertz CT molecular complexity index is 689. The smallest absolute Gasteiger partial charge is 0.211 e. The molecule has 7 heteroatoms. The molecule has 3 N–H and O–H groups in total. The van der Waals surface area contributed by atoms with Crippen molar-refractivity contribution in [2.24, 2.45) is 4.99 Å². The highest BCUT2D eigenvalue weighted by Gasteiger charge is 2.17. The average Bonchev–Trinajstić information content (AvgIpc) is 2.42. The van der Waals surface area contributed by atoms with Gasteiger partial charge in [0.05, 0.1) is 4.90 Å². The van der Waals surface area contributed by atoms with E-state index < -0.39 is 0 Å². The van der Waals surface area contributed by atoms with Crippen LogP contribution in [0, 0.1) is 0 Å². The van der Waals surface area contributed by atoms with Gasteiger partial charge in [0.15, 0.2) is 0 Å². The molecular formula is C13H9Cl2N3OS. The molecule has 0 radical (unpaired) electrons. The number of aromatic hydroxyl groups is 1. The number of nitrogens with zero attached hydrogens (tertiary/aromatic N) is 1. The Morgan fingerprint density at radius 2 is 1.85 bits per heavy atom. The van der Waals surface area contributed by atoms with Crippen LogP contribution < -0.4 is 10.0 Å². The molecule has 0 bridgehead atoms. The van der Waals surface area contributed by atoms with E-state index in [9.17, 15) is 5.11 Å². The number of hydrogen-bond acceptors (Lipinski definition) is 5. The van der Waals surface area contributed by atoms with Crippen LogP contribution in [-0.4, -0.2) is 11.1 Å². The molecule has 0 saturated carbocycles. The van der Waals surface area contributed by atoms with Gasteiger partial charge in [-0.25, -0.2) is 4.99 Å². The molecule has 0 fully saturated rings. The molecule has 1 aliphatic rings. The fourth-order valence-electron chi connectivity index (χ4n) is 1.71. The van der Waals surface area contributed by atoms with Crippen LogP contribution in [0.1, 0.15) is 0 Å². The highest BCUT2D eigenvalue weighted by Crippen LogP contribution is 2.40. The van der Waals surface area contributed by atoms with Gasteiger partial charge in [0, 0.05) is 21.8 Å². The number of hydrogen-bond donors (Lipinski definition) is 3. The van der Waals surface area contributed by atoms with Gasteiger partial charge in [-0.3, -0.25) is 4.72 Å². The maximum Gasteiger partial charge on any atom is 0.211 e. The number of phenolic OH excluding ortho intramolecular Hbond substituents is 1. The highest BCUT2D eigenvalue weighted by molar-refractivity contribution is 7.98. The molecule has 1 aliphatic heterocycles. The van der Waals surface area contributed by atoms with E-state index in [0.717, 1.165) is 10.6 Å². The first-order chi connectivity index (χ1) is 9.61. The van der Waals surface area contributed by atoms with Gasteiger partial charge in [-0.1, -0.05) is 23.2 Å². The van der Waals surface area contributed by atoms with Gasteiger partial charge in [-0.15, -0.1) is 0 Å². The molecule has 1 heterocycles. The first-order valence-corrected chi connectivity index (χ1v) is 7.26. The number of rotatable bonds is 1. The normalized spacial score (nSPS) is 13.2. The molecule has 20 heavy (non-hydrogen) atoms. The van der Waals surface area contributed by atoms with Gasteiger partial charge in [0.25, 0.3) is 0 Å². The topological polar surface area (TPSA) is 56.7 Å². The van der Waals surface area contributed by atoms with Crippen LogP contribution in [0.25, 0.3) is 0 Å². The van der Waals surface area contributed by atoms with Crippen molar-refractivity contribution in [1.82, 2.24) is 4.72 Å². The Labute approximate surface area is 130 Å². The largest absolute Gasteiger partial charge is 0.506 e. The van der Waals surface area contributed by atoms with Gasteiger partial charge in [0.2, 0.25) is 5.96 Å². The SMILES string of the molecule is Oc1cc(Cl)cc2c1N=C(Nc1ccc(Cl)cc1)NS2. The van der Waals surface area contributed by atoms with Gasteiger partial charge in [0.1, 0.15) is 11.4 Å². The standard InChI is InChI=1S/C13H9Cl2N3OS/c14-7-1-3-9(4-2-7)16-13-17-12-10(19)5-8(15)6-11(12)20-18-13/h1-6,19H,(H2,16,17,18). The van der Waals surface area contributed by atoms with Crippen molar-refractivity contribution in [1.29, 1.82) is 0 Å². The molecule has 3 rings (SSSR count). The predicted octanol–water partition coefficient (Wildman–Crippen LogP) is 4.41. The minimum Gasteiger partial charge on any atom is -0.506 e. The molecule has 0 aliphatic carbocycles. The lowest BCUT2D eigenvalue weighted by Gasteiger charge is -2.18. The van der Waals surface area contributed by atoms with Gasteiger partial charge in [-0.2, -0.15) is 0 Å². The molecule has 102 valence electrons. The van der Waals surface area contributed by atoms with Gasteiger partial charge >= 0.3 is 0 Å². The van der Waals surface area contributed by atoms with E-state index in [1.54, 1.807) is 18.2 Å². The first-order valence-electron chi connectivity index (χ1n) is 5.68. The Balaban J connectivity index is 1.89. The third kappa shape index (κ3) is 2.80. The van der Waals surface area contributed by atoms with Crippen molar-refractivity contribution in [2.45, 2.75) is 4.90 Å². The molecule has 2 aromatic carbocycles. The molecule has 4 nitrogen and oxygen atoms in total. The minimum absolute atomic E-state index is 0.0527. The summed E-state index contributed by atoms with van der Waals surface area (Å²) in [6, 6.07) is 10.5. The van der Waals surface area contributed by atoms with Crippen LogP contribution in [0.5, 0.6) is 5.75 Å². The second-order valence-corrected chi connectivity index (χ2v) is 5.79. The zero-order valence-corrected chi connectivity index (χ0v) is 12.4. The van der Waals surface area contributed by atoms with E-state index in [2.05, 4.69) is 15.0 Å². The molecule has 0 atom stereocenters. The summed E-state index contributed by atoms with van der Waals surface area (Å²) in [6.07, 6.45) is 0. The molecule has 0 aromatic heterocycles. The zero-order valence-electron chi connectivity index (χ0n) is 10.0. The van der Waals surface area contributed by atoms with E-state index >= 15 is 0 Å². The Morgan fingerprint density at radius 3 is 2.60 bits per heavy atom. The number of nitrogens with one attached hydrogen (secondary N) is 2. The summed E-state index contributed by atoms with van der Waals surface area (Å²) >= 11 is 13.1. The zero-order chi connectivity index (χ0) is 14.1. The van der Waals surface area contributed by atoms with Crippen LogP contribution in [0.15, 0.2) is 46.3 Å². The fourth-order valence-corrected chi connectivity index (χ4v) is 2.85. The van der Waals surface area contributed by atoms with Crippen LogP contribution in [0.2, 0.25) is 10.0 Å². The van der Waals surface area contributed by atoms with Crippen molar-refractivity contribution < 1.29 is 5.11 Å². The molecule has 2 aromatic rings. The van der Waals surface area contributed by atoms with Crippen molar-refractivity contribution in [3.8, 4) is 5.75 Å². The lowest BCUT2D eigenvalue weighted by atomic mass is 10.3. The number of benzene rings is 2. The van der Waals surface area contributed by atoms with Crippen LogP contribution in [0.3, 0.4) is 0 Å². The third-order valence-corrected chi connectivity index (χ3v) is 3.90. The molecule has 0 unspecified atom stereocenters. The van der Waals surface area contributed by atoms with Crippen molar-refractivity contribution >= 4 is 52.5 Å².